The van der Waals surface area contributed by atoms with Gasteiger partial charge in [0.15, 0.2) is 0 Å². The Morgan fingerprint density at radius 1 is 1.31 bits per heavy atom. The predicted molar refractivity (Wildman–Crippen MR) is 52.1 cm³/mol. The Kier molecular flexibility index (Phi) is 2.22. The van der Waals surface area contributed by atoms with Gasteiger partial charge in [-0.2, -0.15) is 13.2 Å². The fourth-order valence-electron chi connectivity index (χ4n) is 1.44. The van der Waals surface area contributed by atoms with Crippen molar-refractivity contribution in [2.24, 2.45) is 0 Å². The van der Waals surface area contributed by atoms with Gasteiger partial charge in [-0.1, -0.05) is 12.1 Å². The average Bonchev–Trinajstić information content (AvgIpc) is 2.18. The molecule has 2 rings (SSSR count). The number of nitrogens with zero attached hydrogens (tertiary/aromatic N) is 1. The number of alkyl halides is 3. The van der Waals surface area contributed by atoms with Gasteiger partial charge in [0, 0.05) is 0 Å². The summed E-state index contributed by atoms with van der Waals surface area (Å²) >= 11 is 0. The minimum absolute atomic E-state index is 0.0820. The second-order valence-corrected chi connectivity index (χ2v) is 3.38. The molecule has 1 heterocycles. The Hall–Kier alpha value is -1.85. The van der Waals surface area contributed by atoms with Crippen LogP contribution in [-0.2, 0) is 6.18 Å². The van der Waals surface area contributed by atoms with Crippen molar-refractivity contribution in [3.05, 3.63) is 39.9 Å². The van der Waals surface area contributed by atoms with Gasteiger partial charge < -0.3 is 4.98 Å². The minimum atomic E-state index is -4.64. The molecule has 0 radical (unpaired) electrons. The molecule has 2 aromatic rings. The fraction of sp³-hybridized carbons (Fsp3) is 0.200. The van der Waals surface area contributed by atoms with E-state index >= 15 is 0 Å². The molecule has 0 spiro atoms. The predicted octanol–water partition coefficient (Wildman–Crippen LogP) is 2.25. The van der Waals surface area contributed by atoms with Crippen molar-refractivity contribution in [3.8, 4) is 0 Å². The molecule has 0 atom stereocenters. The van der Waals surface area contributed by atoms with Gasteiger partial charge in [-0.25, -0.2) is 4.98 Å². The van der Waals surface area contributed by atoms with Crippen LogP contribution < -0.4 is 5.56 Å². The molecule has 16 heavy (non-hydrogen) atoms. The average molecular weight is 228 g/mol. The van der Waals surface area contributed by atoms with Crippen LogP contribution in [0.4, 0.5) is 13.2 Å². The van der Waals surface area contributed by atoms with Crippen molar-refractivity contribution in [1.82, 2.24) is 9.97 Å². The first-order chi connectivity index (χ1) is 7.39. The summed E-state index contributed by atoms with van der Waals surface area (Å²) in [6, 6.07) is 4.64. The van der Waals surface area contributed by atoms with E-state index < -0.39 is 17.6 Å². The van der Waals surface area contributed by atoms with Crippen LogP contribution in [0.3, 0.4) is 0 Å². The van der Waals surface area contributed by atoms with Crippen LogP contribution in [0.5, 0.6) is 0 Å². The fourth-order valence-corrected chi connectivity index (χ4v) is 1.44. The van der Waals surface area contributed by atoms with Crippen LogP contribution >= 0.6 is 0 Å². The first-order valence-electron chi connectivity index (χ1n) is 4.46. The van der Waals surface area contributed by atoms with Gasteiger partial charge in [-0.3, -0.25) is 4.79 Å². The molecular formula is C10H7F3N2O. The highest BCUT2D eigenvalue weighted by Crippen LogP contribution is 2.26. The first-order valence-corrected chi connectivity index (χ1v) is 4.46. The van der Waals surface area contributed by atoms with Gasteiger partial charge in [0.1, 0.15) is 0 Å². The van der Waals surface area contributed by atoms with Gasteiger partial charge >= 0.3 is 6.18 Å². The van der Waals surface area contributed by atoms with Crippen LogP contribution in [0.2, 0.25) is 0 Å². The zero-order chi connectivity index (χ0) is 11.9. The number of aromatic nitrogens is 2. The van der Waals surface area contributed by atoms with Gasteiger partial charge in [-0.15, -0.1) is 0 Å². The number of hydrogen-bond donors (Lipinski definition) is 1. The molecule has 6 heteroatoms. The Bertz CT molecular complexity index is 601. The summed E-state index contributed by atoms with van der Waals surface area (Å²) in [5.74, 6) is -1.26. The number of hydrogen-bond acceptors (Lipinski definition) is 2. The van der Waals surface area contributed by atoms with Crippen molar-refractivity contribution in [2.45, 2.75) is 13.1 Å². The van der Waals surface area contributed by atoms with E-state index in [1.807, 2.05) is 0 Å². The molecule has 0 fully saturated rings. The lowest BCUT2D eigenvalue weighted by molar-refractivity contribution is -0.144. The topological polar surface area (TPSA) is 45.8 Å². The third-order valence-corrected chi connectivity index (χ3v) is 2.21. The van der Waals surface area contributed by atoms with Gasteiger partial charge in [-0.05, 0) is 18.6 Å². The number of benzene rings is 1. The van der Waals surface area contributed by atoms with Crippen LogP contribution in [0.25, 0.3) is 10.9 Å². The van der Waals surface area contributed by atoms with E-state index in [1.54, 1.807) is 24.0 Å². The molecular weight excluding hydrogens is 221 g/mol. The monoisotopic (exact) mass is 228 g/mol. The number of halogens is 3. The molecule has 1 aromatic heterocycles. The summed E-state index contributed by atoms with van der Waals surface area (Å²) in [4.78, 5) is 16.6. The summed E-state index contributed by atoms with van der Waals surface area (Å²) < 4.78 is 37.2. The van der Waals surface area contributed by atoms with E-state index in [2.05, 4.69) is 4.98 Å². The highest BCUT2D eigenvalue weighted by Gasteiger charge is 2.34. The van der Waals surface area contributed by atoms with E-state index in [0.29, 0.717) is 5.56 Å². The second-order valence-electron chi connectivity index (χ2n) is 3.38. The van der Waals surface area contributed by atoms with Crippen LogP contribution in [0.1, 0.15) is 11.4 Å². The summed E-state index contributed by atoms with van der Waals surface area (Å²) in [5.41, 5.74) is -0.159. The highest BCUT2D eigenvalue weighted by molar-refractivity contribution is 5.80. The van der Waals surface area contributed by atoms with Gasteiger partial charge in [0.2, 0.25) is 5.82 Å². The normalized spacial score (nSPS) is 12.0. The molecule has 1 aromatic carbocycles. The maximum Gasteiger partial charge on any atom is 0.449 e. The van der Waals surface area contributed by atoms with Crippen LogP contribution in [0, 0.1) is 6.92 Å². The number of para-hydroxylation sites is 1. The molecule has 0 saturated heterocycles. The van der Waals surface area contributed by atoms with Crippen molar-refractivity contribution >= 4 is 10.9 Å². The lowest BCUT2D eigenvalue weighted by atomic mass is 10.1. The summed E-state index contributed by atoms with van der Waals surface area (Å²) in [6.45, 7) is 1.61. The molecule has 0 bridgehead atoms. The van der Waals surface area contributed by atoms with Crippen molar-refractivity contribution in [3.63, 3.8) is 0 Å². The quantitative estimate of drug-likeness (QED) is 0.751. The zero-order valence-corrected chi connectivity index (χ0v) is 8.22. The number of aromatic amines is 1. The lowest BCUT2D eigenvalue weighted by Gasteiger charge is -2.07. The van der Waals surface area contributed by atoms with Crippen LogP contribution in [0.15, 0.2) is 23.0 Å². The molecule has 0 aliphatic heterocycles. The maximum atomic E-state index is 12.4. The second kappa shape index (κ2) is 3.33. The van der Waals surface area contributed by atoms with Crippen molar-refractivity contribution in [1.29, 1.82) is 0 Å². The lowest BCUT2D eigenvalue weighted by Crippen LogP contribution is -2.19. The zero-order valence-electron chi connectivity index (χ0n) is 8.22. The molecule has 84 valence electrons. The van der Waals surface area contributed by atoms with E-state index in [-0.39, 0.29) is 10.9 Å². The third kappa shape index (κ3) is 1.66. The number of nitrogens with one attached hydrogen (secondary N) is 1. The summed E-state index contributed by atoms with van der Waals surface area (Å²) in [5, 5.41) is 0.160. The standard InChI is InChI=1S/C10H7F3N2O/c1-5-3-2-4-6-7(5)14-9(10(11,12)13)15-8(6)16/h2-4H,1H3,(H,14,15,16). The van der Waals surface area contributed by atoms with E-state index in [0.717, 1.165) is 0 Å². The number of fused-ring (bicyclic) bond motifs is 1. The molecule has 0 amide bonds. The Morgan fingerprint density at radius 2 is 2.00 bits per heavy atom. The van der Waals surface area contributed by atoms with E-state index in [1.165, 1.54) is 6.07 Å². The smallest absolute Gasteiger partial charge is 0.302 e. The van der Waals surface area contributed by atoms with E-state index in [9.17, 15) is 18.0 Å². The number of aryl methyl sites for hydroxylation is 1. The Balaban J connectivity index is 2.86. The highest BCUT2D eigenvalue weighted by atomic mass is 19.4. The van der Waals surface area contributed by atoms with Crippen LogP contribution in [-0.4, -0.2) is 9.97 Å². The van der Waals surface area contributed by atoms with Gasteiger partial charge in [0.25, 0.3) is 5.56 Å². The molecule has 3 nitrogen and oxygen atoms in total. The van der Waals surface area contributed by atoms with Crippen molar-refractivity contribution in [2.75, 3.05) is 0 Å². The number of H-pyrrole nitrogens is 1. The molecule has 0 unspecified atom stereocenters. The molecule has 0 aliphatic rings. The summed E-state index contributed by atoms with van der Waals surface area (Å²) in [7, 11) is 0. The Morgan fingerprint density at radius 3 is 2.62 bits per heavy atom. The maximum absolute atomic E-state index is 12.4. The summed E-state index contributed by atoms with van der Waals surface area (Å²) in [6.07, 6.45) is -4.64. The molecule has 0 aliphatic carbocycles. The van der Waals surface area contributed by atoms with Gasteiger partial charge in [0.05, 0.1) is 10.9 Å². The number of rotatable bonds is 0. The first kappa shape index (κ1) is 10.7. The van der Waals surface area contributed by atoms with E-state index in [4.69, 9.17) is 0 Å². The third-order valence-electron chi connectivity index (χ3n) is 2.21. The Labute approximate surface area is 87.9 Å². The SMILES string of the molecule is Cc1cccc2c(=O)[nH]c(C(F)(F)F)nc12. The molecule has 1 N–H and O–H groups in total. The molecule has 0 saturated carbocycles. The minimum Gasteiger partial charge on any atom is -0.302 e. The largest absolute Gasteiger partial charge is 0.449 e. The van der Waals surface area contributed by atoms with Crippen molar-refractivity contribution < 1.29 is 13.2 Å².